The maximum Gasteiger partial charge on any atom is 0.416 e. The van der Waals surface area contributed by atoms with E-state index in [0.29, 0.717) is 5.56 Å². The molecule has 1 atom stereocenters. The van der Waals surface area contributed by atoms with Crippen LogP contribution < -0.4 is 0 Å². The molecule has 19 heavy (non-hydrogen) atoms. The van der Waals surface area contributed by atoms with Gasteiger partial charge in [0.2, 0.25) is 0 Å². The third-order valence-electron chi connectivity index (χ3n) is 2.81. The van der Waals surface area contributed by atoms with Crippen LogP contribution in [-0.2, 0) is 22.1 Å². The average molecular weight is 274 g/mol. The van der Waals surface area contributed by atoms with E-state index in [9.17, 15) is 18.0 Å². The van der Waals surface area contributed by atoms with Crippen molar-refractivity contribution >= 4 is 5.78 Å². The highest BCUT2D eigenvalue weighted by Crippen LogP contribution is 2.29. The third-order valence-corrected chi connectivity index (χ3v) is 2.81. The van der Waals surface area contributed by atoms with E-state index in [1.165, 1.54) is 19.2 Å². The number of hydrogen-bond acceptors (Lipinski definition) is 2. The van der Waals surface area contributed by atoms with Crippen molar-refractivity contribution < 1.29 is 22.7 Å². The van der Waals surface area contributed by atoms with Crippen molar-refractivity contribution in [3.05, 3.63) is 35.4 Å². The van der Waals surface area contributed by atoms with Gasteiger partial charge in [0.05, 0.1) is 5.56 Å². The minimum atomic E-state index is -4.39. The largest absolute Gasteiger partial charge is 0.416 e. The number of benzene rings is 1. The quantitative estimate of drug-likeness (QED) is 0.821. The monoisotopic (exact) mass is 274 g/mol. The molecule has 0 bridgehead atoms. The molecule has 1 rings (SSSR count). The Bertz CT molecular complexity index is 439. The van der Waals surface area contributed by atoms with Gasteiger partial charge in [0.25, 0.3) is 0 Å². The van der Waals surface area contributed by atoms with Crippen LogP contribution in [-0.4, -0.2) is 19.0 Å². The van der Waals surface area contributed by atoms with Crippen molar-refractivity contribution in [2.24, 2.45) is 5.92 Å². The molecule has 0 aliphatic heterocycles. The van der Waals surface area contributed by atoms with Crippen molar-refractivity contribution in [2.75, 3.05) is 7.11 Å². The molecule has 0 radical (unpaired) electrons. The first-order valence-electron chi connectivity index (χ1n) is 5.97. The van der Waals surface area contributed by atoms with E-state index in [2.05, 4.69) is 0 Å². The molecule has 1 unspecified atom stereocenters. The maximum atomic E-state index is 12.5. The number of rotatable bonds is 5. The number of carbonyl (C=O) groups excluding carboxylic acids is 1. The Morgan fingerprint density at radius 2 is 1.95 bits per heavy atom. The van der Waals surface area contributed by atoms with Crippen LogP contribution in [0.3, 0.4) is 0 Å². The normalized spacial score (nSPS) is 13.6. The molecule has 5 heteroatoms. The van der Waals surface area contributed by atoms with Gasteiger partial charge < -0.3 is 4.74 Å². The lowest BCUT2D eigenvalue weighted by Crippen LogP contribution is -2.30. The number of alkyl halides is 3. The molecule has 1 aromatic carbocycles. The van der Waals surface area contributed by atoms with Crippen LogP contribution in [0.1, 0.15) is 25.0 Å². The molecule has 0 aliphatic rings. The number of Topliss-reactive ketones (excluding diaryl/α,β-unsaturated/α-hetero) is 1. The van der Waals surface area contributed by atoms with Crippen LogP contribution in [0, 0.1) is 5.92 Å². The number of ether oxygens (including phenoxy) is 1. The first kappa shape index (κ1) is 15.7. The van der Waals surface area contributed by atoms with Crippen LogP contribution in [0.5, 0.6) is 0 Å². The van der Waals surface area contributed by atoms with E-state index in [0.717, 1.165) is 12.1 Å². The van der Waals surface area contributed by atoms with Crippen molar-refractivity contribution in [1.29, 1.82) is 0 Å². The Labute approximate surface area is 110 Å². The van der Waals surface area contributed by atoms with E-state index in [1.807, 2.05) is 13.8 Å². The minimum Gasteiger partial charge on any atom is -0.373 e. The van der Waals surface area contributed by atoms with Crippen LogP contribution in [0.4, 0.5) is 13.2 Å². The fraction of sp³-hybridized carbons (Fsp3) is 0.500. The predicted molar refractivity (Wildman–Crippen MR) is 65.8 cm³/mol. The molecule has 0 aliphatic carbocycles. The van der Waals surface area contributed by atoms with E-state index in [-0.39, 0.29) is 18.1 Å². The molecule has 0 spiro atoms. The van der Waals surface area contributed by atoms with Gasteiger partial charge in [-0.1, -0.05) is 32.0 Å². The van der Waals surface area contributed by atoms with Gasteiger partial charge in [0, 0.05) is 13.5 Å². The summed E-state index contributed by atoms with van der Waals surface area (Å²) in [4.78, 5) is 11.9. The van der Waals surface area contributed by atoms with Crippen LogP contribution in [0.2, 0.25) is 0 Å². The van der Waals surface area contributed by atoms with Gasteiger partial charge in [0.1, 0.15) is 6.10 Å². The molecule has 0 saturated heterocycles. The molecule has 0 heterocycles. The lowest BCUT2D eigenvalue weighted by atomic mass is 9.97. The predicted octanol–water partition coefficient (Wildman–Crippen LogP) is 3.49. The Morgan fingerprint density at radius 3 is 2.42 bits per heavy atom. The van der Waals surface area contributed by atoms with E-state index in [4.69, 9.17) is 4.74 Å². The molecular weight excluding hydrogens is 257 g/mol. The second-order valence-corrected chi connectivity index (χ2v) is 4.74. The molecule has 0 amide bonds. The summed E-state index contributed by atoms with van der Waals surface area (Å²) in [6.45, 7) is 3.66. The fourth-order valence-corrected chi connectivity index (χ4v) is 1.93. The summed E-state index contributed by atoms with van der Waals surface area (Å²) < 4.78 is 42.7. The zero-order valence-electron chi connectivity index (χ0n) is 11.1. The summed E-state index contributed by atoms with van der Waals surface area (Å²) in [7, 11) is 1.43. The first-order chi connectivity index (χ1) is 8.75. The van der Waals surface area contributed by atoms with Gasteiger partial charge in [-0.25, -0.2) is 0 Å². The highest BCUT2D eigenvalue weighted by Gasteiger charge is 2.30. The summed E-state index contributed by atoms with van der Waals surface area (Å²) in [6.07, 6.45) is -5.03. The van der Waals surface area contributed by atoms with Crippen molar-refractivity contribution in [1.82, 2.24) is 0 Å². The Kier molecular flexibility index (Phi) is 5.11. The molecule has 0 saturated carbocycles. The smallest absolute Gasteiger partial charge is 0.373 e. The number of ketones is 1. The Hall–Kier alpha value is -1.36. The van der Waals surface area contributed by atoms with Gasteiger partial charge in [-0.3, -0.25) is 4.79 Å². The lowest BCUT2D eigenvalue weighted by molar-refractivity contribution is -0.138. The molecule has 0 fully saturated rings. The SMILES string of the molecule is COC(C(=O)Cc1cccc(C(F)(F)F)c1)C(C)C. The van der Waals surface area contributed by atoms with Gasteiger partial charge in [0.15, 0.2) is 5.78 Å². The maximum absolute atomic E-state index is 12.5. The summed E-state index contributed by atoms with van der Waals surface area (Å²) in [5.74, 6) is -0.222. The van der Waals surface area contributed by atoms with E-state index < -0.39 is 17.8 Å². The van der Waals surface area contributed by atoms with E-state index >= 15 is 0 Å². The standard InChI is InChI=1S/C14H17F3O2/c1-9(2)13(19-3)12(18)8-10-5-4-6-11(7-10)14(15,16)17/h4-7,9,13H,8H2,1-3H3. The summed E-state index contributed by atoms with van der Waals surface area (Å²) in [5.41, 5.74) is -0.390. The van der Waals surface area contributed by atoms with Crippen LogP contribution in [0.25, 0.3) is 0 Å². The summed E-state index contributed by atoms with van der Waals surface area (Å²) in [6, 6.07) is 4.82. The van der Waals surface area contributed by atoms with Gasteiger partial charge in [-0.15, -0.1) is 0 Å². The van der Waals surface area contributed by atoms with Gasteiger partial charge >= 0.3 is 6.18 Å². The Balaban J connectivity index is 2.86. The summed E-state index contributed by atoms with van der Waals surface area (Å²) >= 11 is 0. The number of carbonyl (C=O) groups is 1. The van der Waals surface area contributed by atoms with Crippen LogP contribution >= 0.6 is 0 Å². The molecular formula is C14H17F3O2. The number of hydrogen-bond donors (Lipinski definition) is 0. The van der Waals surface area contributed by atoms with Crippen molar-refractivity contribution in [3.63, 3.8) is 0 Å². The zero-order valence-corrected chi connectivity index (χ0v) is 11.1. The lowest BCUT2D eigenvalue weighted by Gasteiger charge is -2.18. The van der Waals surface area contributed by atoms with Crippen molar-refractivity contribution in [2.45, 2.75) is 32.5 Å². The Morgan fingerprint density at radius 1 is 1.32 bits per heavy atom. The topological polar surface area (TPSA) is 26.3 Å². The second kappa shape index (κ2) is 6.19. The second-order valence-electron chi connectivity index (χ2n) is 4.74. The highest BCUT2D eigenvalue weighted by atomic mass is 19.4. The van der Waals surface area contributed by atoms with Gasteiger partial charge in [-0.2, -0.15) is 13.2 Å². The zero-order chi connectivity index (χ0) is 14.6. The molecule has 1 aromatic rings. The van der Waals surface area contributed by atoms with Gasteiger partial charge in [-0.05, 0) is 17.5 Å². The highest BCUT2D eigenvalue weighted by molar-refractivity contribution is 5.85. The van der Waals surface area contributed by atoms with Crippen LogP contribution in [0.15, 0.2) is 24.3 Å². The first-order valence-corrected chi connectivity index (χ1v) is 5.97. The molecule has 0 N–H and O–H groups in total. The minimum absolute atomic E-state index is 0.0108. The molecule has 2 nitrogen and oxygen atoms in total. The third kappa shape index (κ3) is 4.35. The summed E-state index contributed by atoms with van der Waals surface area (Å²) in [5, 5.41) is 0. The molecule has 0 aromatic heterocycles. The fourth-order valence-electron chi connectivity index (χ4n) is 1.93. The van der Waals surface area contributed by atoms with E-state index in [1.54, 1.807) is 0 Å². The number of methoxy groups -OCH3 is 1. The van der Waals surface area contributed by atoms with Crippen molar-refractivity contribution in [3.8, 4) is 0 Å². The number of halogens is 3. The molecule has 106 valence electrons. The average Bonchev–Trinajstić information content (AvgIpc) is 2.28.